The number of sulfonamides is 1. The highest BCUT2D eigenvalue weighted by molar-refractivity contribution is 7.98. The van der Waals surface area contributed by atoms with Gasteiger partial charge in [0.25, 0.3) is 0 Å². The molecule has 0 aromatic carbocycles. The largest absolute Gasteiger partial charge is 0.355 e. The molecule has 20 heavy (non-hydrogen) atoms. The Balaban J connectivity index is 0. The van der Waals surface area contributed by atoms with Crippen LogP contribution in [-0.2, 0) is 14.8 Å². The fourth-order valence-electron chi connectivity index (χ4n) is 1.53. The summed E-state index contributed by atoms with van der Waals surface area (Å²) in [5.41, 5.74) is 5.71. The molecule has 0 unspecified atom stereocenters. The molecule has 0 bridgehead atoms. The molecule has 0 saturated heterocycles. The first-order valence-electron chi connectivity index (χ1n) is 6.30. The second-order valence-electron chi connectivity index (χ2n) is 4.29. The molecule has 0 heterocycles. The predicted molar refractivity (Wildman–Crippen MR) is 87.9 cm³/mol. The van der Waals surface area contributed by atoms with E-state index >= 15 is 0 Å². The molecule has 0 fully saturated rings. The Bertz CT molecular complexity index is 366. The maximum Gasteiger partial charge on any atom is 0.236 e. The van der Waals surface area contributed by atoms with Crippen molar-refractivity contribution in [3.8, 4) is 0 Å². The van der Waals surface area contributed by atoms with Crippen LogP contribution >= 0.6 is 24.2 Å². The molecule has 9 heteroatoms. The van der Waals surface area contributed by atoms with Gasteiger partial charge >= 0.3 is 0 Å². The van der Waals surface area contributed by atoms with E-state index in [0.29, 0.717) is 32.5 Å². The van der Waals surface area contributed by atoms with E-state index in [2.05, 4.69) is 5.32 Å². The summed E-state index contributed by atoms with van der Waals surface area (Å²) < 4.78 is 24.0. The van der Waals surface area contributed by atoms with E-state index in [-0.39, 0.29) is 18.3 Å². The highest BCUT2D eigenvalue weighted by atomic mass is 35.5. The second-order valence-corrected chi connectivity index (χ2v) is 7.26. The normalized spacial score (nSPS) is 12.8. The number of amides is 1. The van der Waals surface area contributed by atoms with E-state index in [1.807, 2.05) is 6.26 Å². The van der Waals surface area contributed by atoms with Gasteiger partial charge in [-0.2, -0.15) is 11.8 Å². The first-order chi connectivity index (χ1) is 8.82. The van der Waals surface area contributed by atoms with Gasteiger partial charge in [-0.3, -0.25) is 4.79 Å². The SMILES string of the molecule is CCN(CCCNC(=O)[C@@H](N)CCSC)S(C)(=O)=O.Cl. The van der Waals surface area contributed by atoms with Crippen LogP contribution in [0.1, 0.15) is 19.8 Å². The molecule has 0 aliphatic carbocycles. The van der Waals surface area contributed by atoms with Gasteiger partial charge in [0.2, 0.25) is 15.9 Å². The molecule has 0 rings (SSSR count). The van der Waals surface area contributed by atoms with Crippen LogP contribution in [0.4, 0.5) is 0 Å². The number of hydrogen-bond acceptors (Lipinski definition) is 5. The molecular weight excluding hydrogens is 322 g/mol. The molecule has 6 nitrogen and oxygen atoms in total. The highest BCUT2D eigenvalue weighted by Gasteiger charge is 2.15. The van der Waals surface area contributed by atoms with Gasteiger partial charge in [-0.25, -0.2) is 12.7 Å². The van der Waals surface area contributed by atoms with Crippen molar-refractivity contribution >= 4 is 40.1 Å². The van der Waals surface area contributed by atoms with Crippen LogP contribution in [0.25, 0.3) is 0 Å². The zero-order valence-corrected chi connectivity index (χ0v) is 14.7. The van der Waals surface area contributed by atoms with Gasteiger partial charge < -0.3 is 11.1 Å². The molecule has 0 radical (unpaired) electrons. The molecule has 122 valence electrons. The Kier molecular flexibility index (Phi) is 12.9. The number of carbonyl (C=O) groups excluding carboxylic acids is 1. The fourth-order valence-corrected chi connectivity index (χ4v) is 2.95. The highest BCUT2D eigenvalue weighted by Crippen LogP contribution is 2.00. The Morgan fingerprint density at radius 3 is 2.50 bits per heavy atom. The Labute approximate surface area is 132 Å². The smallest absolute Gasteiger partial charge is 0.236 e. The van der Waals surface area contributed by atoms with Gasteiger partial charge in [0.05, 0.1) is 12.3 Å². The number of nitrogens with zero attached hydrogens (tertiary/aromatic N) is 1. The summed E-state index contributed by atoms with van der Waals surface area (Å²) in [7, 11) is -3.15. The van der Waals surface area contributed by atoms with Gasteiger partial charge in [-0.1, -0.05) is 6.92 Å². The third-order valence-corrected chi connectivity index (χ3v) is 4.70. The van der Waals surface area contributed by atoms with E-state index in [1.165, 1.54) is 10.6 Å². The topological polar surface area (TPSA) is 92.5 Å². The number of nitrogens with two attached hydrogens (primary N) is 1. The lowest BCUT2D eigenvalue weighted by Crippen LogP contribution is -2.42. The first-order valence-corrected chi connectivity index (χ1v) is 9.54. The molecule has 0 aromatic rings. The molecule has 1 amide bonds. The third kappa shape index (κ3) is 9.82. The number of thioether (sulfide) groups is 1. The maximum atomic E-state index is 11.6. The second kappa shape index (κ2) is 11.6. The lowest BCUT2D eigenvalue weighted by Gasteiger charge is -2.18. The minimum absolute atomic E-state index is 0. The molecule has 0 aliphatic rings. The zero-order valence-electron chi connectivity index (χ0n) is 12.3. The van der Waals surface area contributed by atoms with Crippen LogP contribution < -0.4 is 11.1 Å². The summed E-state index contributed by atoms with van der Waals surface area (Å²) in [6.07, 6.45) is 4.39. The first kappa shape index (κ1) is 22.3. The van der Waals surface area contributed by atoms with Crippen LogP contribution in [-0.4, -0.2) is 62.6 Å². The van der Waals surface area contributed by atoms with E-state index in [1.54, 1.807) is 18.7 Å². The summed E-state index contributed by atoms with van der Waals surface area (Å²) in [6.45, 7) is 3.09. The van der Waals surface area contributed by atoms with Crippen LogP contribution in [0.5, 0.6) is 0 Å². The quantitative estimate of drug-likeness (QED) is 0.554. The standard InChI is InChI=1S/C11H25N3O3S2.ClH/c1-4-14(19(3,16)17)8-5-7-13-11(15)10(12)6-9-18-2;/h10H,4-9,12H2,1-3H3,(H,13,15);1H/t10-;/m0./s1. The van der Waals surface area contributed by atoms with E-state index < -0.39 is 16.1 Å². The molecule has 0 aliphatic heterocycles. The van der Waals surface area contributed by atoms with Crippen molar-refractivity contribution in [2.45, 2.75) is 25.8 Å². The van der Waals surface area contributed by atoms with Gasteiger partial charge in [-0.05, 0) is 24.9 Å². The van der Waals surface area contributed by atoms with Crippen LogP contribution in [0.2, 0.25) is 0 Å². The Morgan fingerprint density at radius 1 is 1.45 bits per heavy atom. The fraction of sp³-hybridized carbons (Fsp3) is 0.909. The van der Waals surface area contributed by atoms with Gasteiger partial charge in [0, 0.05) is 19.6 Å². The molecule has 3 N–H and O–H groups in total. The summed E-state index contributed by atoms with van der Waals surface area (Å²) in [5, 5.41) is 2.73. The number of carbonyl (C=O) groups is 1. The van der Waals surface area contributed by atoms with E-state index in [0.717, 1.165) is 5.75 Å². The minimum atomic E-state index is -3.15. The number of halogens is 1. The summed E-state index contributed by atoms with van der Waals surface area (Å²) in [5.74, 6) is 0.683. The molecule has 0 aromatic heterocycles. The number of rotatable bonds is 10. The lowest BCUT2D eigenvalue weighted by atomic mass is 10.2. The van der Waals surface area contributed by atoms with Crippen molar-refractivity contribution in [1.29, 1.82) is 0 Å². The van der Waals surface area contributed by atoms with Crippen molar-refractivity contribution in [3.63, 3.8) is 0 Å². The van der Waals surface area contributed by atoms with Gasteiger partial charge in [0.1, 0.15) is 0 Å². The molecule has 0 saturated carbocycles. The molecule has 0 spiro atoms. The summed E-state index contributed by atoms with van der Waals surface area (Å²) in [4.78, 5) is 11.6. The van der Waals surface area contributed by atoms with Crippen molar-refractivity contribution in [1.82, 2.24) is 9.62 Å². The van der Waals surface area contributed by atoms with Crippen LogP contribution in [0, 0.1) is 0 Å². The maximum absolute atomic E-state index is 11.6. The predicted octanol–water partition coefficient (Wildman–Crippen LogP) is 0.276. The van der Waals surface area contributed by atoms with Gasteiger partial charge in [0.15, 0.2) is 0 Å². The van der Waals surface area contributed by atoms with Crippen LogP contribution in [0.15, 0.2) is 0 Å². The van der Waals surface area contributed by atoms with Crippen molar-refractivity contribution < 1.29 is 13.2 Å². The molecule has 1 atom stereocenters. The summed E-state index contributed by atoms with van der Waals surface area (Å²) in [6, 6.07) is -0.482. The Morgan fingerprint density at radius 2 is 2.05 bits per heavy atom. The van der Waals surface area contributed by atoms with Crippen molar-refractivity contribution in [2.75, 3.05) is 37.9 Å². The van der Waals surface area contributed by atoms with Gasteiger partial charge in [-0.15, -0.1) is 12.4 Å². The third-order valence-electron chi connectivity index (χ3n) is 2.67. The van der Waals surface area contributed by atoms with Crippen molar-refractivity contribution in [3.05, 3.63) is 0 Å². The number of hydrogen-bond donors (Lipinski definition) is 2. The van der Waals surface area contributed by atoms with E-state index in [9.17, 15) is 13.2 Å². The average Bonchev–Trinajstić information content (AvgIpc) is 2.33. The molecular formula is C11H26ClN3O3S2. The van der Waals surface area contributed by atoms with Crippen LogP contribution in [0.3, 0.4) is 0 Å². The van der Waals surface area contributed by atoms with Crippen molar-refractivity contribution in [2.24, 2.45) is 5.73 Å². The average molecular weight is 348 g/mol. The zero-order chi connectivity index (χ0) is 14.9. The Hall–Kier alpha value is -0.0200. The lowest BCUT2D eigenvalue weighted by molar-refractivity contribution is -0.122. The minimum Gasteiger partial charge on any atom is -0.355 e. The van der Waals surface area contributed by atoms with E-state index in [4.69, 9.17) is 5.73 Å². The monoisotopic (exact) mass is 347 g/mol. The number of nitrogens with one attached hydrogen (secondary N) is 1. The summed E-state index contributed by atoms with van der Waals surface area (Å²) >= 11 is 1.65.